The van der Waals surface area contributed by atoms with Gasteiger partial charge in [-0.05, 0) is 26.2 Å². The highest BCUT2D eigenvalue weighted by molar-refractivity contribution is 5.47. The first kappa shape index (κ1) is 13.5. The first-order valence-corrected chi connectivity index (χ1v) is 7.12. The van der Waals surface area contributed by atoms with Crippen molar-refractivity contribution in [3.05, 3.63) is 11.9 Å². The first-order valence-electron chi connectivity index (χ1n) is 7.12. The highest BCUT2D eigenvalue weighted by Gasteiger charge is 2.40. The number of nitrogens with two attached hydrogens (primary N) is 1. The van der Waals surface area contributed by atoms with Crippen molar-refractivity contribution in [1.29, 1.82) is 0 Å². The number of hydrogen-bond donors (Lipinski definition) is 3. The quantitative estimate of drug-likeness (QED) is 0.529. The molecule has 3 heterocycles. The van der Waals surface area contributed by atoms with Crippen LogP contribution in [0.5, 0.6) is 0 Å². The van der Waals surface area contributed by atoms with Crippen LogP contribution in [0.25, 0.3) is 0 Å². The van der Waals surface area contributed by atoms with Gasteiger partial charge in [0.15, 0.2) is 5.82 Å². The molecule has 2 aliphatic rings. The number of hydrogen-bond acceptors (Lipinski definition) is 7. The van der Waals surface area contributed by atoms with Gasteiger partial charge in [0, 0.05) is 12.7 Å². The van der Waals surface area contributed by atoms with Gasteiger partial charge in [-0.1, -0.05) is 0 Å². The molecule has 2 fully saturated rings. The number of nitrogen functional groups attached to an aromatic ring is 1. The minimum atomic E-state index is 0.305. The summed E-state index contributed by atoms with van der Waals surface area (Å²) in [7, 11) is 0. The SMILES string of the molecule is CCOCc1nc(NN)cc(NC2CC3CCC2O3)n1. The van der Waals surface area contributed by atoms with Crippen molar-refractivity contribution in [3.63, 3.8) is 0 Å². The van der Waals surface area contributed by atoms with Crippen molar-refractivity contribution in [3.8, 4) is 0 Å². The van der Waals surface area contributed by atoms with E-state index in [0.717, 1.165) is 18.7 Å². The second kappa shape index (κ2) is 5.90. The summed E-state index contributed by atoms with van der Waals surface area (Å²) < 4.78 is 11.2. The van der Waals surface area contributed by atoms with E-state index in [1.54, 1.807) is 6.07 Å². The third-order valence-corrected chi connectivity index (χ3v) is 3.79. The summed E-state index contributed by atoms with van der Waals surface area (Å²) in [6.45, 7) is 2.96. The second-order valence-corrected chi connectivity index (χ2v) is 5.20. The Bertz CT molecular complexity index is 470. The number of fused-ring (bicyclic) bond motifs is 2. The molecule has 2 bridgehead atoms. The van der Waals surface area contributed by atoms with Crippen LogP contribution in [0.4, 0.5) is 11.6 Å². The lowest BCUT2D eigenvalue weighted by Crippen LogP contribution is -2.31. The fourth-order valence-corrected chi connectivity index (χ4v) is 2.88. The molecule has 2 saturated heterocycles. The van der Waals surface area contributed by atoms with Gasteiger partial charge in [0.25, 0.3) is 0 Å². The minimum absolute atomic E-state index is 0.305. The van der Waals surface area contributed by atoms with E-state index in [4.69, 9.17) is 15.3 Å². The molecular formula is C13H21N5O2. The first-order chi connectivity index (χ1) is 9.78. The molecule has 110 valence electrons. The van der Waals surface area contributed by atoms with Gasteiger partial charge >= 0.3 is 0 Å². The molecule has 3 atom stereocenters. The molecule has 1 aromatic heterocycles. The zero-order valence-corrected chi connectivity index (χ0v) is 11.6. The number of ether oxygens (including phenoxy) is 2. The number of anilines is 2. The standard InChI is InChI=1S/C13H21N5O2/c1-2-19-7-13-16-11(6-12(17-13)18-14)15-9-5-8-3-4-10(9)20-8/h6,8-10H,2-5,7,14H2,1H3,(H2,15,16,17,18). The summed E-state index contributed by atoms with van der Waals surface area (Å²) in [5.74, 6) is 7.42. The van der Waals surface area contributed by atoms with Gasteiger partial charge in [0.05, 0.1) is 18.2 Å². The summed E-state index contributed by atoms with van der Waals surface area (Å²) >= 11 is 0. The summed E-state index contributed by atoms with van der Waals surface area (Å²) in [6, 6.07) is 2.13. The van der Waals surface area contributed by atoms with Crippen LogP contribution in [0.15, 0.2) is 6.07 Å². The van der Waals surface area contributed by atoms with Crippen LogP contribution in [0, 0.1) is 0 Å². The number of hydrazine groups is 1. The summed E-state index contributed by atoms with van der Waals surface area (Å²) in [5, 5.41) is 3.44. The van der Waals surface area contributed by atoms with Gasteiger partial charge in [0.2, 0.25) is 0 Å². The van der Waals surface area contributed by atoms with Gasteiger partial charge in [-0.3, -0.25) is 0 Å². The van der Waals surface area contributed by atoms with Crippen LogP contribution in [0.2, 0.25) is 0 Å². The third kappa shape index (κ3) is 2.84. The molecule has 2 aliphatic heterocycles. The second-order valence-electron chi connectivity index (χ2n) is 5.20. The van der Waals surface area contributed by atoms with Gasteiger partial charge in [0.1, 0.15) is 18.2 Å². The Morgan fingerprint density at radius 1 is 1.40 bits per heavy atom. The average molecular weight is 279 g/mol. The molecule has 7 heteroatoms. The van der Waals surface area contributed by atoms with Crippen molar-refractivity contribution in [2.24, 2.45) is 5.84 Å². The Hall–Kier alpha value is -1.44. The van der Waals surface area contributed by atoms with Crippen molar-refractivity contribution >= 4 is 11.6 Å². The largest absolute Gasteiger partial charge is 0.374 e. The normalized spacial score (nSPS) is 27.8. The van der Waals surface area contributed by atoms with Crippen LogP contribution in [-0.2, 0) is 16.1 Å². The van der Waals surface area contributed by atoms with E-state index in [1.165, 1.54) is 6.42 Å². The molecule has 0 spiro atoms. The van der Waals surface area contributed by atoms with Crippen molar-refractivity contribution < 1.29 is 9.47 Å². The smallest absolute Gasteiger partial charge is 0.158 e. The lowest BCUT2D eigenvalue weighted by Gasteiger charge is -2.21. The molecule has 0 radical (unpaired) electrons. The van der Waals surface area contributed by atoms with Crippen LogP contribution >= 0.6 is 0 Å². The maximum Gasteiger partial charge on any atom is 0.158 e. The van der Waals surface area contributed by atoms with E-state index in [2.05, 4.69) is 20.7 Å². The van der Waals surface area contributed by atoms with E-state index >= 15 is 0 Å². The Balaban J connectivity index is 1.71. The van der Waals surface area contributed by atoms with E-state index < -0.39 is 0 Å². The number of nitrogens with zero attached hydrogens (tertiary/aromatic N) is 2. The van der Waals surface area contributed by atoms with Crippen molar-refractivity contribution in [1.82, 2.24) is 9.97 Å². The van der Waals surface area contributed by atoms with Crippen LogP contribution in [0.3, 0.4) is 0 Å². The molecule has 20 heavy (non-hydrogen) atoms. The van der Waals surface area contributed by atoms with Gasteiger partial charge in [-0.15, -0.1) is 0 Å². The zero-order chi connectivity index (χ0) is 13.9. The summed E-state index contributed by atoms with van der Waals surface area (Å²) in [4.78, 5) is 8.74. The van der Waals surface area contributed by atoms with E-state index in [9.17, 15) is 0 Å². The highest BCUT2D eigenvalue weighted by atomic mass is 16.5. The molecular weight excluding hydrogens is 258 g/mol. The molecule has 3 rings (SSSR count). The topological polar surface area (TPSA) is 94.3 Å². The van der Waals surface area contributed by atoms with Gasteiger partial charge < -0.3 is 20.2 Å². The predicted molar refractivity (Wildman–Crippen MR) is 75.1 cm³/mol. The summed E-state index contributed by atoms with van der Waals surface area (Å²) in [5.41, 5.74) is 2.57. The maximum atomic E-state index is 5.84. The summed E-state index contributed by atoms with van der Waals surface area (Å²) in [6.07, 6.45) is 4.06. The van der Waals surface area contributed by atoms with Crippen molar-refractivity contribution in [2.75, 3.05) is 17.3 Å². The lowest BCUT2D eigenvalue weighted by molar-refractivity contribution is 0.102. The van der Waals surface area contributed by atoms with Gasteiger partial charge in [-0.25, -0.2) is 15.8 Å². The highest BCUT2D eigenvalue weighted by Crippen LogP contribution is 2.35. The number of nitrogens with one attached hydrogen (secondary N) is 2. The number of rotatable bonds is 6. The monoisotopic (exact) mass is 279 g/mol. The third-order valence-electron chi connectivity index (χ3n) is 3.79. The van der Waals surface area contributed by atoms with Crippen molar-refractivity contribution in [2.45, 2.75) is 51.0 Å². The molecule has 4 N–H and O–H groups in total. The average Bonchev–Trinajstić information content (AvgIpc) is 3.07. The molecule has 0 aromatic carbocycles. The molecule has 0 amide bonds. The van der Waals surface area contributed by atoms with E-state index in [1.807, 2.05) is 6.92 Å². The molecule has 0 saturated carbocycles. The Morgan fingerprint density at radius 2 is 2.25 bits per heavy atom. The van der Waals surface area contributed by atoms with E-state index in [0.29, 0.717) is 43.1 Å². The Kier molecular flexibility index (Phi) is 4.00. The zero-order valence-electron chi connectivity index (χ0n) is 11.6. The van der Waals surface area contributed by atoms with Crippen LogP contribution in [-0.4, -0.2) is 34.8 Å². The predicted octanol–water partition coefficient (Wildman–Crippen LogP) is 1.03. The minimum Gasteiger partial charge on any atom is -0.374 e. The van der Waals surface area contributed by atoms with Crippen LogP contribution < -0.4 is 16.6 Å². The fourth-order valence-electron chi connectivity index (χ4n) is 2.88. The van der Waals surface area contributed by atoms with E-state index in [-0.39, 0.29) is 0 Å². The lowest BCUT2D eigenvalue weighted by atomic mass is 9.95. The molecule has 0 aliphatic carbocycles. The molecule has 3 unspecified atom stereocenters. The fraction of sp³-hybridized carbons (Fsp3) is 0.692. The number of aromatic nitrogens is 2. The Morgan fingerprint density at radius 3 is 2.90 bits per heavy atom. The molecule has 1 aromatic rings. The van der Waals surface area contributed by atoms with Crippen LogP contribution in [0.1, 0.15) is 32.0 Å². The maximum absolute atomic E-state index is 5.84. The van der Waals surface area contributed by atoms with Gasteiger partial charge in [-0.2, -0.15) is 0 Å². The Labute approximate surface area is 118 Å². The molecule has 7 nitrogen and oxygen atoms in total.